The first-order valence-corrected chi connectivity index (χ1v) is 6.38. The average molecular weight is 267 g/mol. The number of hydrogen-bond acceptors (Lipinski definition) is 6. The van der Waals surface area contributed by atoms with Crippen LogP contribution in [-0.2, 0) is 20.8 Å². The molecule has 3 rings (SSSR count). The molecule has 0 atom stereocenters. The molecular formula is C11H17N5O3. The number of amides is 1. The van der Waals surface area contributed by atoms with Crippen molar-refractivity contribution >= 4 is 11.7 Å². The third-order valence-corrected chi connectivity index (χ3v) is 3.55. The summed E-state index contributed by atoms with van der Waals surface area (Å²) in [6.07, 6.45) is 2.99. The van der Waals surface area contributed by atoms with Crippen LogP contribution < -0.4 is 5.73 Å². The number of aromatic nitrogens is 3. The van der Waals surface area contributed by atoms with Crippen LogP contribution >= 0.6 is 0 Å². The summed E-state index contributed by atoms with van der Waals surface area (Å²) in [6, 6.07) is 0. The molecule has 1 aromatic rings. The number of nitrogens with two attached hydrogens (primary N) is 1. The van der Waals surface area contributed by atoms with E-state index in [4.69, 9.17) is 15.2 Å². The molecule has 2 N–H and O–H groups in total. The van der Waals surface area contributed by atoms with Gasteiger partial charge in [0.2, 0.25) is 5.91 Å². The highest BCUT2D eigenvalue weighted by molar-refractivity contribution is 5.76. The molecule has 8 heteroatoms. The Hall–Kier alpha value is -1.67. The van der Waals surface area contributed by atoms with E-state index in [2.05, 4.69) is 10.3 Å². The lowest BCUT2D eigenvalue weighted by Gasteiger charge is -2.37. The van der Waals surface area contributed by atoms with Crippen molar-refractivity contribution in [1.82, 2.24) is 19.9 Å². The zero-order valence-corrected chi connectivity index (χ0v) is 10.6. The number of ether oxygens (including phenoxy) is 2. The molecule has 1 aromatic heterocycles. The number of carbonyl (C=O) groups is 1. The number of carbonyl (C=O) groups excluding carboxylic acids is 1. The molecule has 8 nitrogen and oxygen atoms in total. The van der Waals surface area contributed by atoms with E-state index in [1.165, 1.54) is 4.68 Å². The first kappa shape index (κ1) is 12.4. The number of rotatable bonds is 2. The predicted octanol–water partition coefficient (Wildman–Crippen LogP) is -0.774. The molecule has 19 heavy (non-hydrogen) atoms. The van der Waals surface area contributed by atoms with Crippen LogP contribution in [0.5, 0.6) is 0 Å². The zero-order chi connectivity index (χ0) is 13.3. The predicted molar refractivity (Wildman–Crippen MR) is 64.9 cm³/mol. The highest BCUT2D eigenvalue weighted by Crippen LogP contribution is 2.31. The van der Waals surface area contributed by atoms with E-state index in [1.54, 1.807) is 11.1 Å². The number of nitrogens with zero attached hydrogens (tertiary/aromatic N) is 4. The Morgan fingerprint density at radius 1 is 1.37 bits per heavy atom. The number of likely N-dealkylation sites (tertiary alicyclic amines) is 1. The maximum absolute atomic E-state index is 12.1. The minimum atomic E-state index is -0.450. The molecule has 2 aliphatic heterocycles. The molecule has 0 radical (unpaired) electrons. The summed E-state index contributed by atoms with van der Waals surface area (Å²) in [5.41, 5.74) is 5.46. The summed E-state index contributed by atoms with van der Waals surface area (Å²) in [6.45, 7) is 2.74. The van der Waals surface area contributed by atoms with E-state index in [1.807, 2.05) is 0 Å². The van der Waals surface area contributed by atoms with Crippen LogP contribution in [0.3, 0.4) is 0 Å². The monoisotopic (exact) mass is 267 g/mol. The van der Waals surface area contributed by atoms with E-state index in [0.29, 0.717) is 32.1 Å². The molecule has 1 amide bonds. The van der Waals surface area contributed by atoms with Gasteiger partial charge in [-0.1, -0.05) is 5.21 Å². The van der Waals surface area contributed by atoms with E-state index in [9.17, 15) is 4.79 Å². The second-order valence-electron chi connectivity index (χ2n) is 4.83. The van der Waals surface area contributed by atoms with Crippen molar-refractivity contribution in [2.24, 2.45) is 0 Å². The molecule has 2 aliphatic rings. The standard InChI is InChI=1S/C11H17N5O3/c12-9-7-16(14-13-9)8-10(17)15-3-1-11(2-4-15)18-5-6-19-11/h7H,1-6,8,12H2. The van der Waals surface area contributed by atoms with Gasteiger partial charge in [-0.25, -0.2) is 4.68 Å². The van der Waals surface area contributed by atoms with Crippen molar-refractivity contribution in [3.8, 4) is 0 Å². The molecule has 0 unspecified atom stereocenters. The lowest BCUT2D eigenvalue weighted by atomic mass is 10.0. The third-order valence-electron chi connectivity index (χ3n) is 3.55. The number of hydrogen-bond donors (Lipinski definition) is 1. The second kappa shape index (κ2) is 4.78. The van der Waals surface area contributed by atoms with Crippen molar-refractivity contribution in [3.63, 3.8) is 0 Å². The summed E-state index contributed by atoms with van der Waals surface area (Å²) < 4.78 is 12.7. The molecule has 0 aromatic carbocycles. The average Bonchev–Trinajstić information content (AvgIpc) is 3.00. The van der Waals surface area contributed by atoms with Crippen molar-refractivity contribution in [2.75, 3.05) is 32.0 Å². The van der Waals surface area contributed by atoms with Crippen LogP contribution in [0, 0.1) is 0 Å². The fourth-order valence-electron chi connectivity index (χ4n) is 2.51. The fourth-order valence-corrected chi connectivity index (χ4v) is 2.51. The smallest absolute Gasteiger partial charge is 0.244 e. The van der Waals surface area contributed by atoms with Gasteiger partial charge in [-0.3, -0.25) is 4.79 Å². The van der Waals surface area contributed by atoms with Crippen molar-refractivity contribution in [2.45, 2.75) is 25.2 Å². The molecular weight excluding hydrogens is 250 g/mol. The summed E-state index contributed by atoms with van der Waals surface area (Å²) in [5, 5.41) is 7.42. The van der Waals surface area contributed by atoms with Crippen molar-refractivity contribution in [1.29, 1.82) is 0 Å². The first-order valence-electron chi connectivity index (χ1n) is 6.38. The Bertz CT molecular complexity index is 459. The molecule has 104 valence electrons. The molecule has 0 saturated carbocycles. The van der Waals surface area contributed by atoms with Gasteiger partial charge in [-0.2, -0.15) is 0 Å². The van der Waals surface area contributed by atoms with Crippen molar-refractivity contribution in [3.05, 3.63) is 6.20 Å². The van der Waals surface area contributed by atoms with Gasteiger partial charge in [-0.15, -0.1) is 5.10 Å². The molecule has 0 bridgehead atoms. The van der Waals surface area contributed by atoms with Crippen LogP contribution in [0.1, 0.15) is 12.8 Å². The van der Waals surface area contributed by atoms with Crippen LogP contribution in [0.15, 0.2) is 6.20 Å². The minimum absolute atomic E-state index is 0.0118. The highest BCUT2D eigenvalue weighted by Gasteiger charge is 2.40. The van der Waals surface area contributed by atoms with Gasteiger partial charge < -0.3 is 20.1 Å². The van der Waals surface area contributed by atoms with E-state index in [-0.39, 0.29) is 12.5 Å². The van der Waals surface area contributed by atoms with Gasteiger partial charge in [0.05, 0.1) is 19.4 Å². The highest BCUT2D eigenvalue weighted by atomic mass is 16.7. The molecule has 2 fully saturated rings. The molecule has 1 spiro atoms. The van der Waals surface area contributed by atoms with E-state index >= 15 is 0 Å². The quantitative estimate of drug-likeness (QED) is 0.755. The summed E-state index contributed by atoms with van der Waals surface area (Å²) in [4.78, 5) is 13.9. The third kappa shape index (κ3) is 2.54. The van der Waals surface area contributed by atoms with Crippen LogP contribution in [-0.4, -0.2) is 57.9 Å². The maximum atomic E-state index is 12.1. The van der Waals surface area contributed by atoms with E-state index < -0.39 is 5.79 Å². The molecule has 2 saturated heterocycles. The Kier molecular flexibility index (Phi) is 3.11. The Morgan fingerprint density at radius 2 is 2.05 bits per heavy atom. The Balaban J connectivity index is 1.54. The largest absolute Gasteiger partial charge is 0.381 e. The molecule has 0 aliphatic carbocycles. The normalized spacial score (nSPS) is 22.0. The minimum Gasteiger partial charge on any atom is -0.381 e. The number of anilines is 1. The maximum Gasteiger partial charge on any atom is 0.244 e. The van der Waals surface area contributed by atoms with Gasteiger partial charge in [0.25, 0.3) is 0 Å². The van der Waals surface area contributed by atoms with Crippen molar-refractivity contribution < 1.29 is 14.3 Å². The van der Waals surface area contributed by atoms with Gasteiger partial charge in [0.1, 0.15) is 6.54 Å². The van der Waals surface area contributed by atoms with Crippen LogP contribution in [0.4, 0.5) is 5.82 Å². The van der Waals surface area contributed by atoms with Crippen LogP contribution in [0.2, 0.25) is 0 Å². The van der Waals surface area contributed by atoms with Gasteiger partial charge in [0, 0.05) is 25.9 Å². The Labute approximate surface area is 110 Å². The lowest BCUT2D eigenvalue weighted by Crippen LogP contribution is -2.48. The number of piperidine rings is 1. The van der Waals surface area contributed by atoms with Crippen LogP contribution in [0.25, 0.3) is 0 Å². The summed E-state index contributed by atoms with van der Waals surface area (Å²) in [7, 11) is 0. The summed E-state index contributed by atoms with van der Waals surface area (Å²) in [5.74, 6) is -0.120. The fraction of sp³-hybridized carbons (Fsp3) is 0.727. The zero-order valence-electron chi connectivity index (χ0n) is 10.6. The van der Waals surface area contributed by atoms with Gasteiger partial charge in [-0.05, 0) is 0 Å². The van der Waals surface area contributed by atoms with Gasteiger partial charge >= 0.3 is 0 Å². The van der Waals surface area contributed by atoms with Gasteiger partial charge in [0.15, 0.2) is 11.6 Å². The topological polar surface area (TPSA) is 95.5 Å². The Morgan fingerprint density at radius 3 is 2.63 bits per heavy atom. The SMILES string of the molecule is Nc1cn(CC(=O)N2CCC3(CC2)OCCO3)nn1. The summed E-state index contributed by atoms with van der Waals surface area (Å²) >= 11 is 0. The van der Waals surface area contributed by atoms with E-state index in [0.717, 1.165) is 12.8 Å². The lowest BCUT2D eigenvalue weighted by molar-refractivity contribution is -0.187. The number of nitrogen functional groups attached to an aromatic ring is 1. The first-order chi connectivity index (χ1) is 9.17. The molecule has 3 heterocycles. The second-order valence-corrected chi connectivity index (χ2v) is 4.83.